The molecule has 5 aromatic carbocycles. The summed E-state index contributed by atoms with van der Waals surface area (Å²) in [4.78, 5) is 25.5. The molecular formula is C36H23FN6. The smallest absolute Gasteiger partial charge is 0.167 e. The lowest BCUT2D eigenvalue weighted by molar-refractivity contribution is 0.630. The first-order valence-electron chi connectivity index (χ1n) is 22.1. The minimum absolute atomic E-state index is 0.190. The molecule has 0 amide bonds. The van der Waals surface area contributed by atoms with E-state index in [9.17, 15) is 0 Å². The summed E-state index contributed by atoms with van der Waals surface area (Å²) in [5, 5.41) is 0. The van der Waals surface area contributed by atoms with Gasteiger partial charge in [0.1, 0.15) is 5.82 Å². The molecule has 7 heteroatoms. The van der Waals surface area contributed by atoms with Crippen molar-refractivity contribution in [1.29, 1.82) is 0 Å². The van der Waals surface area contributed by atoms with Gasteiger partial charge in [0.05, 0.1) is 33.0 Å². The van der Waals surface area contributed by atoms with E-state index in [2.05, 4.69) is 29.9 Å². The highest BCUT2D eigenvalue weighted by atomic mass is 19.1. The first-order chi connectivity index (χ1) is 29.5. The lowest BCUT2D eigenvalue weighted by Crippen LogP contribution is -2.03. The van der Waals surface area contributed by atoms with E-state index in [1.54, 1.807) is 0 Å². The Balaban J connectivity index is 1.56. The molecule has 0 aliphatic carbocycles. The maximum Gasteiger partial charge on any atom is 0.167 e. The third-order valence-corrected chi connectivity index (χ3v) is 5.63. The Morgan fingerprint density at radius 3 is 1.02 bits per heavy atom. The van der Waals surface area contributed by atoms with Gasteiger partial charge in [0.25, 0.3) is 0 Å². The second kappa shape index (κ2) is 11.5. The van der Waals surface area contributed by atoms with Crippen LogP contribution in [-0.4, -0.2) is 29.9 Å². The summed E-state index contributed by atoms with van der Waals surface area (Å²) in [6, 6.07) is -12.9. The molecule has 7 rings (SSSR count). The van der Waals surface area contributed by atoms with Crippen LogP contribution in [0.4, 0.5) is 4.39 Å². The van der Waals surface area contributed by atoms with Crippen molar-refractivity contribution in [2.45, 2.75) is 0 Å². The Kier molecular flexibility index (Phi) is 3.24. The van der Waals surface area contributed by atoms with Gasteiger partial charge in [-0.1, -0.05) is 121 Å². The molecule has 0 aliphatic rings. The second-order valence-electron chi connectivity index (χ2n) is 8.31. The number of hydrogen-bond acceptors (Lipinski definition) is 6. The van der Waals surface area contributed by atoms with Crippen LogP contribution in [0.25, 0.3) is 68.3 Å². The van der Waals surface area contributed by atoms with Crippen molar-refractivity contribution in [3.8, 4) is 68.3 Å². The van der Waals surface area contributed by atoms with Gasteiger partial charge in [-0.3, -0.25) is 0 Å². The molecule has 0 bridgehead atoms. The van der Waals surface area contributed by atoms with Crippen molar-refractivity contribution >= 4 is 0 Å². The lowest BCUT2D eigenvalue weighted by atomic mass is 10.1. The van der Waals surface area contributed by atoms with Crippen molar-refractivity contribution < 1.29 is 31.8 Å². The molecule has 0 atom stereocenters. The minimum atomic E-state index is -1.10. The van der Waals surface area contributed by atoms with E-state index in [0.717, 1.165) is 18.2 Å². The third kappa shape index (κ3) is 5.52. The Labute approximate surface area is 275 Å². The fraction of sp³-hybridized carbons (Fsp3) is 0. The van der Waals surface area contributed by atoms with E-state index >= 15 is 4.39 Å². The van der Waals surface area contributed by atoms with Crippen LogP contribution in [0.3, 0.4) is 0 Å². The largest absolute Gasteiger partial charge is 0.208 e. The molecule has 0 radical (unpaired) electrons. The van der Waals surface area contributed by atoms with Gasteiger partial charge in [0, 0.05) is 27.8 Å². The maximum atomic E-state index is 16.2. The summed E-state index contributed by atoms with van der Waals surface area (Å²) >= 11 is 0. The Morgan fingerprint density at radius 1 is 0.372 bits per heavy atom. The highest BCUT2D eigenvalue weighted by molar-refractivity contribution is 5.72. The van der Waals surface area contributed by atoms with Crippen LogP contribution in [0.2, 0.25) is 0 Å². The molecule has 2 heterocycles. The molecule has 6 nitrogen and oxygen atoms in total. The van der Waals surface area contributed by atoms with E-state index in [-0.39, 0.29) is 5.56 Å². The third-order valence-electron chi connectivity index (χ3n) is 5.63. The monoisotopic (exact) mass is 578 g/mol. The van der Waals surface area contributed by atoms with E-state index < -0.39 is 189 Å². The van der Waals surface area contributed by atoms with Crippen LogP contribution in [0.15, 0.2) is 139 Å². The van der Waals surface area contributed by atoms with E-state index in [1.165, 1.54) is 0 Å². The minimum Gasteiger partial charge on any atom is -0.208 e. The van der Waals surface area contributed by atoms with Gasteiger partial charge in [-0.2, -0.15) is 0 Å². The molecule has 0 saturated heterocycles. The predicted octanol–water partition coefficient (Wildman–Crippen LogP) is 8.20. The van der Waals surface area contributed by atoms with Crippen molar-refractivity contribution in [1.82, 2.24) is 29.9 Å². The molecule has 0 saturated carbocycles. The van der Waals surface area contributed by atoms with E-state index in [1.807, 2.05) is 0 Å². The molecule has 0 spiro atoms. The highest BCUT2D eigenvalue weighted by Gasteiger charge is 2.18. The van der Waals surface area contributed by atoms with Crippen LogP contribution in [0.1, 0.15) is 27.4 Å². The fourth-order valence-electron chi connectivity index (χ4n) is 3.73. The highest BCUT2D eigenvalue weighted by Crippen LogP contribution is 2.30. The van der Waals surface area contributed by atoms with Gasteiger partial charge < -0.3 is 0 Å². The Hall–Kier alpha value is -5.95. The summed E-state index contributed by atoms with van der Waals surface area (Å²) in [7, 11) is 0. The molecule has 0 unspecified atom stereocenters. The van der Waals surface area contributed by atoms with Gasteiger partial charge in [-0.25, -0.2) is 34.3 Å². The zero-order valence-corrected chi connectivity index (χ0v) is 21.3. The normalized spacial score (nSPS) is 17.4. The van der Waals surface area contributed by atoms with Gasteiger partial charge in [-0.05, 0) is 18.2 Å². The molecule has 0 N–H and O–H groups in total. The first-order valence-corrected chi connectivity index (χ1v) is 12.1. The zero-order valence-electron chi connectivity index (χ0n) is 41.3. The molecule has 0 fully saturated rings. The molecule has 7 aromatic rings. The average Bonchev–Trinajstić information content (AvgIpc) is 3.26. The number of rotatable bonds is 6. The van der Waals surface area contributed by atoms with Crippen LogP contribution in [0.5, 0.6) is 0 Å². The lowest BCUT2D eigenvalue weighted by Gasteiger charge is -2.11. The predicted molar refractivity (Wildman–Crippen MR) is 166 cm³/mol. The number of halogens is 1. The van der Waals surface area contributed by atoms with Crippen molar-refractivity contribution in [2.24, 2.45) is 0 Å². The fourth-order valence-corrected chi connectivity index (χ4v) is 3.73. The molecule has 2 aromatic heterocycles. The summed E-state index contributed by atoms with van der Waals surface area (Å²) in [5.74, 6) is -4.92. The second-order valence-corrected chi connectivity index (χ2v) is 8.31. The number of aromatic nitrogens is 6. The number of nitrogens with zero attached hydrogens (tertiary/aromatic N) is 6. The molecule has 43 heavy (non-hydrogen) atoms. The summed E-state index contributed by atoms with van der Waals surface area (Å²) < 4.78 is 183. The quantitative estimate of drug-likeness (QED) is 0.198. The van der Waals surface area contributed by atoms with Crippen LogP contribution < -0.4 is 0 Å². The van der Waals surface area contributed by atoms with Gasteiger partial charge in [-0.15, -0.1) is 0 Å². The Morgan fingerprint density at radius 2 is 0.674 bits per heavy atom. The average molecular weight is 579 g/mol. The van der Waals surface area contributed by atoms with Gasteiger partial charge in [0.2, 0.25) is 0 Å². The topological polar surface area (TPSA) is 77.3 Å². The Bertz CT molecular complexity index is 2880. The maximum absolute atomic E-state index is 16.2. The zero-order chi connectivity index (χ0) is 46.4. The standard InChI is InChI=1S/C36H23FN6/c37-30-22-21-28(35-40-31(24-13-5-1-6-14-24)38-32(41-35)25-15-7-2-8-16-25)23-29(30)36-42-33(26-17-9-3-10-18-26)39-34(43-36)27-19-11-4-12-20-27/h1-23H/i1D,2D,3D,4D,5D,6D,7D,8D,9D,10D,11D,12D,13D,14D,15D,16D,17D,18D,19D,20D. The van der Waals surface area contributed by atoms with Crippen molar-refractivity contribution in [2.75, 3.05) is 0 Å². The van der Waals surface area contributed by atoms with Crippen LogP contribution in [0, 0.1) is 5.82 Å². The van der Waals surface area contributed by atoms with Crippen molar-refractivity contribution in [3.63, 3.8) is 0 Å². The van der Waals surface area contributed by atoms with E-state index in [4.69, 9.17) is 27.4 Å². The first kappa shape index (κ1) is 12.1. The van der Waals surface area contributed by atoms with Gasteiger partial charge >= 0.3 is 0 Å². The summed E-state index contributed by atoms with van der Waals surface area (Å²) in [6.45, 7) is 0. The van der Waals surface area contributed by atoms with Crippen LogP contribution in [-0.2, 0) is 0 Å². The molecule has 204 valence electrons. The SMILES string of the molecule is [2H]c1c([2H])c([2H])c(-c2nc(-c3ccc(F)c(-c4nc(-c5c([2H])c([2H])c([2H])c([2H])c5[2H])nc(-c5c([2H])c([2H])c([2H])c([2H])c5[2H])n4)c3)nc(-c3c([2H])c([2H])c([2H])c([2H])c3[2H])n2)c([2H])c1[2H]. The molecule has 0 aliphatic heterocycles. The van der Waals surface area contributed by atoms with Crippen molar-refractivity contribution in [3.05, 3.63) is 145 Å². The van der Waals surface area contributed by atoms with E-state index in [0.29, 0.717) is 0 Å². The number of hydrogen-bond donors (Lipinski definition) is 0. The number of benzene rings is 5. The summed E-state index contributed by atoms with van der Waals surface area (Å²) in [5.41, 5.74) is -3.18. The molecular weight excluding hydrogens is 535 g/mol. The van der Waals surface area contributed by atoms with Crippen LogP contribution >= 0.6 is 0 Å². The summed E-state index contributed by atoms with van der Waals surface area (Å²) in [6.07, 6.45) is 0. The van der Waals surface area contributed by atoms with Gasteiger partial charge in [0.15, 0.2) is 34.9 Å².